The zero-order valence-corrected chi connectivity index (χ0v) is 11.8. The normalized spacial score (nSPS) is 12.7. The van der Waals surface area contributed by atoms with E-state index in [-0.39, 0.29) is 6.04 Å². The summed E-state index contributed by atoms with van der Waals surface area (Å²) in [5, 5.41) is 8.98. The number of benzene rings is 1. The van der Waals surface area contributed by atoms with Crippen LogP contribution in [-0.2, 0) is 7.05 Å². The van der Waals surface area contributed by atoms with Crippen LogP contribution in [0.15, 0.2) is 30.6 Å². The van der Waals surface area contributed by atoms with E-state index < -0.39 is 0 Å². The molecule has 96 valence electrons. The first-order chi connectivity index (χ1) is 8.61. The van der Waals surface area contributed by atoms with Crippen LogP contribution >= 0.6 is 23.2 Å². The SMILES string of the molecule is CCNC(c1cnn(C)c1)c1cc(Cl)ccc1Cl. The maximum atomic E-state index is 6.26. The van der Waals surface area contributed by atoms with Crippen LogP contribution in [0.1, 0.15) is 24.1 Å². The molecule has 0 aliphatic carbocycles. The number of nitrogens with one attached hydrogen (secondary N) is 1. The van der Waals surface area contributed by atoms with E-state index >= 15 is 0 Å². The summed E-state index contributed by atoms with van der Waals surface area (Å²) in [4.78, 5) is 0. The Kier molecular flexibility index (Phi) is 4.27. The van der Waals surface area contributed by atoms with Gasteiger partial charge in [0, 0.05) is 28.9 Å². The molecule has 1 heterocycles. The highest BCUT2D eigenvalue weighted by atomic mass is 35.5. The van der Waals surface area contributed by atoms with E-state index in [0.29, 0.717) is 10.0 Å². The van der Waals surface area contributed by atoms with E-state index in [4.69, 9.17) is 23.2 Å². The summed E-state index contributed by atoms with van der Waals surface area (Å²) in [5.41, 5.74) is 2.04. The Bertz CT molecular complexity index is 537. The van der Waals surface area contributed by atoms with Crippen molar-refractivity contribution >= 4 is 23.2 Å². The van der Waals surface area contributed by atoms with E-state index in [1.165, 1.54) is 0 Å². The van der Waals surface area contributed by atoms with Crippen LogP contribution in [0, 0.1) is 0 Å². The van der Waals surface area contributed by atoms with Gasteiger partial charge < -0.3 is 5.32 Å². The van der Waals surface area contributed by atoms with Gasteiger partial charge in [0.1, 0.15) is 0 Å². The molecule has 0 radical (unpaired) electrons. The Labute approximate surface area is 117 Å². The van der Waals surface area contributed by atoms with Crippen molar-refractivity contribution in [2.24, 2.45) is 7.05 Å². The van der Waals surface area contributed by atoms with E-state index in [9.17, 15) is 0 Å². The van der Waals surface area contributed by atoms with Crippen molar-refractivity contribution in [2.75, 3.05) is 6.54 Å². The molecule has 0 bridgehead atoms. The molecule has 5 heteroatoms. The van der Waals surface area contributed by atoms with Gasteiger partial charge in [-0.25, -0.2) is 0 Å². The standard InChI is InChI=1S/C13H15Cl2N3/c1-3-16-13(9-7-17-18(2)8-9)11-6-10(14)4-5-12(11)15/h4-8,13,16H,3H2,1-2H3. The van der Waals surface area contributed by atoms with E-state index in [1.807, 2.05) is 31.6 Å². The fourth-order valence-electron chi connectivity index (χ4n) is 1.94. The van der Waals surface area contributed by atoms with E-state index in [0.717, 1.165) is 17.7 Å². The average molecular weight is 284 g/mol. The topological polar surface area (TPSA) is 29.9 Å². The van der Waals surface area contributed by atoms with Crippen LogP contribution in [0.3, 0.4) is 0 Å². The average Bonchev–Trinajstić information content (AvgIpc) is 2.76. The van der Waals surface area contributed by atoms with Crippen molar-refractivity contribution in [1.29, 1.82) is 0 Å². The minimum atomic E-state index is 0.00917. The Morgan fingerprint density at radius 1 is 1.39 bits per heavy atom. The lowest BCUT2D eigenvalue weighted by atomic mass is 10.0. The first-order valence-electron chi connectivity index (χ1n) is 5.78. The molecule has 0 aliphatic rings. The molecule has 1 unspecified atom stereocenters. The Balaban J connectivity index is 2.44. The van der Waals surface area contributed by atoms with Crippen molar-refractivity contribution in [2.45, 2.75) is 13.0 Å². The summed E-state index contributed by atoms with van der Waals surface area (Å²) in [5.74, 6) is 0. The van der Waals surface area contributed by atoms with Gasteiger partial charge in [0.25, 0.3) is 0 Å². The van der Waals surface area contributed by atoms with Crippen molar-refractivity contribution in [3.63, 3.8) is 0 Å². The quantitative estimate of drug-likeness (QED) is 0.932. The second-order valence-electron chi connectivity index (χ2n) is 4.10. The number of aryl methyl sites for hydroxylation is 1. The van der Waals surface area contributed by atoms with Gasteiger partial charge >= 0.3 is 0 Å². The molecule has 0 spiro atoms. The highest BCUT2D eigenvalue weighted by molar-refractivity contribution is 6.33. The molecule has 0 amide bonds. The van der Waals surface area contributed by atoms with Crippen LogP contribution in [0.5, 0.6) is 0 Å². The molecule has 0 saturated carbocycles. The first-order valence-corrected chi connectivity index (χ1v) is 6.54. The number of rotatable bonds is 4. The third-order valence-corrected chi connectivity index (χ3v) is 3.31. The predicted molar refractivity (Wildman–Crippen MR) is 75.2 cm³/mol. The maximum absolute atomic E-state index is 6.26. The third-order valence-electron chi connectivity index (χ3n) is 2.74. The van der Waals surface area contributed by atoms with Gasteiger partial charge in [-0.3, -0.25) is 4.68 Å². The summed E-state index contributed by atoms with van der Waals surface area (Å²) < 4.78 is 1.78. The molecule has 3 nitrogen and oxygen atoms in total. The second-order valence-corrected chi connectivity index (χ2v) is 4.95. The Hall–Kier alpha value is -1.03. The number of aromatic nitrogens is 2. The van der Waals surface area contributed by atoms with Gasteiger partial charge in [-0.1, -0.05) is 30.1 Å². The van der Waals surface area contributed by atoms with Crippen LogP contribution in [0.25, 0.3) is 0 Å². The van der Waals surface area contributed by atoms with Crippen LogP contribution < -0.4 is 5.32 Å². The number of halogens is 2. The lowest BCUT2D eigenvalue weighted by Crippen LogP contribution is -2.22. The van der Waals surface area contributed by atoms with Gasteiger partial charge in [-0.2, -0.15) is 5.10 Å². The molecule has 18 heavy (non-hydrogen) atoms. The fourth-order valence-corrected chi connectivity index (χ4v) is 2.34. The predicted octanol–water partition coefficient (Wildman–Crippen LogP) is 3.43. The monoisotopic (exact) mass is 283 g/mol. The zero-order chi connectivity index (χ0) is 13.1. The molecule has 0 aliphatic heterocycles. The lowest BCUT2D eigenvalue weighted by Gasteiger charge is -2.18. The maximum Gasteiger partial charge on any atom is 0.0623 e. The van der Waals surface area contributed by atoms with Gasteiger partial charge in [0.15, 0.2) is 0 Å². The molecule has 2 rings (SSSR count). The van der Waals surface area contributed by atoms with Crippen LogP contribution in [0.4, 0.5) is 0 Å². The Morgan fingerprint density at radius 3 is 2.78 bits per heavy atom. The summed E-state index contributed by atoms with van der Waals surface area (Å²) >= 11 is 12.3. The highest BCUT2D eigenvalue weighted by Gasteiger charge is 2.17. The van der Waals surface area contributed by atoms with E-state index in [1.54, 1.807) is 10.7 Å². The minimum Gasteiger partial charge on any atom is -0.306 e. The van der Waals surface area contributed by atoms with Crippen molar-refractivity contribution in [1.82, 2.24) is 15.1 Å². The molecule has 1 aromatic carbocycles. The van der Waals surface area contributed by atoms with Gasteiger partial charge in [-0.15, -0.1) is 0 Å². The van der Waals surface area contributed by atoms with Gasteiger partial charge in [-0.05, 0) is 30.3 Å². The lowest BCUT2D eigenvalue weighted by molar-refractivity contribution is 0.630. The molecule has 0 fully saturated rings. The van der Waals surface area contributed by atoms with Crippen molar-refractivity contribution in [3.05, 3.63) is 51.8 Å². The summed E-state index contributed by atoms with van der Waals surface area (Å²) in [6.07, 6.45) is 3.81. The van der Waals surface area contributed by atoms with Crippen LogP contribution in [-0.4, -0.2) is 16.3 Å². The van der Waals surface area contributed by atoms with E-state index in [2.05, 4.69) is 17.3 Å². The van der Waals surface area contributed by atoms with Gasteiger partial charge in [0.2, 0.25) is 0 Å². The minimum absolute atomic E-state index is 0.00917. The summed E-state index contributed by atoms with van der Waals surface area (Å²) in [6.45, 7) is 2.89. The third kappa shape index (κ3) is 2.86. The van der Waals surface area contributed by atoms with Gasteiger partial charge in [0.05, 0.1) is 12.2 Å². The summed E-state index contributed by atoms with van der Waals surface area (Å²) in [7, 11) is 1.89. The molecular weight excluding hydrogens is 269 g/mol. The molecule has 0 saturated heterocycles. The van der Waals surface area contributed by atoms with Crippen molar-refractivity contribution in [3.8, 4) is 0 Å². The smallest absolute Gasteiger partial charge is 0.0623 e. The van der Waals surface area contributed by atoms with Crippen molar-refractivity contribution < 1.29 is 0 Å². The fraction of sp³-hybridized carbons (Fsp3) is 0.308. The molecule has 1 aromatic heterocycles. The zero-order valence-electron chi connectivity index (χ0n) is 10.3. The molecule has 1 N–H and O–H groups in total. The molecule has 1 atom stereocenters. The number of hydrogen-bond acceptors (Lipinski definition) is 2. The molecule has 2 aromatic rings. The largest absolute Gasteiger partial charge is 0.306 e. The summed E-state index contributed by atoms with van der Waals surface area (Å²) in [6, 6.07) is 5.51. The highest BCUT2D eigenvalue weighted by Crippen LogP contribution is 2.30. The molecular formula is C13H15Cl2N3. The Morgan fingerprint density at radius 2 is 2.17 bits per heavy atom. The number of nitrogens with zero attached hydrogens (tertiary/aromatic N) is 2. The van der Waals surface area contributed by atoms with Crippen LogP contribution in [0.2, 0.25) is 10.0 Å². The first kappa shape index (κ1) is 13.4. The second kappa shape index (κ2) is 5.74. The number of hydrogen-bond donors (Lipinski definition) is 1.